The molecule has 1 fully saturated rings. The van der Waals surface area contributed by atoms with Crippen molar-refractivity contribution in [2.75, 3.05) is 45.6 Å². The lowest BCUT2D eigenvalue weighted by molar-refractivity contribution is 0.120. The quantitative estimate of drug-likeness (QED) is 0.742. The fourth-order valence-corrected chi connectivity index (χ4v) is 3.56. The van der Waals surface area contributed by atoms with Gasteiger partial charge in [-0.15, -0.1) is 0 Å². The summed E-state index contributed by atoms with van der Waals surface area (Å²) >= 11 is 6.41. The topological polar surface area (TPSA) is 80.8 Å². The molecule has 4 amide bonds. The van der Waals surface area contributed by atoms with Gasteiger partial charge in [-0.1, -0.05) is 23.7 Å². The van der Waals surface area contributed by atoms with Crippen LogP contribution in [-0.4, -0.2) is 72.0 Å². The van der Waals surface area contributed by atoms with Gasteiger partial charge >= 0.3 is 12.1 Å². The molecule has 0 spiro atoms. The normalized spacial score (nSPS) is 14.3. The zero-order chi connectivity index (χ0) is 22.4. The molecule has 0 radical (unpaired) electrons. The molecule has 2 aromatic rings. The smallest absolute Gasteiger partial charge is 0.319 e. The van der Waals surface area contributed by atoms with Crippen molar-refractivity contribution in [3.8, 4) is 0 Å². The molecule has 31 heavy (non-hydrogen) atoms. The van der Waals surface area contributed by atoms with Crippen molar-refractivity contribution in [2.45, 2.75) is 20.0 Å². The first kappa shape index (κ1) is 22.8. The van der Waals surface area contributed by atoms with Gasteiger partial charge in [0.05, 0.1) is 11.9 Å². The lowest BCUT2D eigenvalue weighted by atomic mass is 10.1. The predicted molar refractivity (Wildman–Crippen MR) is 122 cm³/mol. The summed E-state index contributed by atoms with van der Waals surface area (Å²) in [5.74, 6) is 0. The fourth-order valence-electron chi connectivity index (χ4n) is 3.38. The van der Waals surface area contributed by atoms with Gasteiger partial charge in [0.1, 0.15) is 0 Å². The zero-order valence-corrected chi connectivity index (χ0v) is 18.9. The van der Waals surface area contributed by atoms with Gasteiger partial charge in [0, 0.05) is 64.1 Å². The summed E-state index contributed by atoms with van der Waals surface area (Å²) < 4.78 is 0. The number of urea groups is 2. The highest BCUT2D eigenvalue weighted by atomic mass is 35.5. The Hall–Kier alpha value is -2.84. The number of nitrogens with one attached hydrogen (secondary N) is 2. The van der Waals surface area contributed by atoms with Crippen LogP contribution in [-0.2, 0) is 13.1 Å². The molecule has 9 heteroatoms. The molecule has 8 nitrogen and oxygen atoms in total. The van der Waals surface area contributed by atoms with Gasteiger partial charge in [0.25, 0.3) is 0 Å². The van der Waals surface area contributed by atoms with Crippen LogP contribution in [0, 0.1) is 6.92 Å². The number of carbonyl (C=O) groups is 2. The number of aryl methyl sites for hydroxylation is 1. The molecule has 1 aliphatic rings. The van der Waals surface area contributed by atoms with Crippen molar-refractivity contribution in [3.63, 3.8) is 0 Å². The molecule has 0 unspecified atom stereocenters. The molecule has 0 atom stereocenters. The lowest BCUT2D eigenvalue weighted by Gasteiger charge is -2.36. The molecule has 166 valence electrons. The van der Waals surface area contributed by atoms with Crippen LogP contribution in [0.5, 0.6) is 0 Å². The van der Waals surface area contributed by atoms with E-state index < -0.39 is 0 Å². The number of anilines is 1. The Kier molecular flexibility index (Phi) is 7.70. The van der Waals surface area contributed by atoms with Crippen molar-refractivity contribution in [2.24, 2.45) is 0 Å². The molecule has 1 saturated heterocycles. The monoisotopic (exact) mass is 444 g/mol. The summed E-state index contributed by atoms with van der Waals surface area (Å²) in [5, 5.41) is 6.33. The van der Waals surface area contributed by atoms with E-state index in [0.29, 0.717) is 36.9 Å². The third-order valence-electron chi connectivity index (χ3n) is 5.15. The number of hydrogen-bond donors (Lipinski definition) is 2. The van der Waals surface area contributed by atoms with E-state index in [4.69, 9.17) is 11.6 Å². The Morgan fingerprint density at radius 3 is 2.52 bits per heavy atom. The maximum absolute atomic E-state index is 12.2. The van der Waals surface area contributed by atoms with Gasteiger partial charge in [-0.2, -0.15) is 0 Å². The minimum Gasteiger partial charge on any atom is -0.334 e. The van der Waals surface area contributed by atoms with Crippen LogP contribution in [0.2, 0.25) is 5.02 Å². The van der Waals surface area contributed by atoms with Gasteiger partial charge in [-0.25, -0.2) is 9.59 Å². The highest BCUT2D eigenvalue weighted by molar-refractivity contribution is 6.31. The Morgan fingerprint density at radius 1 is 1.13 bits per heavy atom. The Labute approximate surface area is 188 Å². The largest absolute Gasteiger partial charge is 0.334 e. The summed E-state index contributed by atoms with van der Waals surface area (Å²) in [7, 11) is 3.54. The van der Waals surface area contributed by atoms with Gasteiger partial charge in [0.2, 0.25) is 0 Å². The van der Waals surface area contributed by atoms with Crippen molar-refractivity contribution in [1.29, 1.82) is 0 Å². The van der Waals surface area contributed by atoms with Crippen molar-refractivity contribution in [3.05, 3.63) is 58.4 Å². The van der Waals surface area contributed by atoms with Crippen molar-refractivity contribution in [1.82, 2.24) is 25.0 Å². The molecule has 1 aromatic carbocycles. The summed E-state index contributed by atoms with van der Waals surface area (Å²) in [4.78, 5) is 34.2. The first-order valence-corrected chi connectivity index (χ1v) is 10.6. The molecule has 1 aromatic heterocycles. The minimum atomic E-state index is -0.288. The summed E-state index contributed by atoms with van der Waals surface area (Å²) in [6.45, 7) is 5.98. The van der Waals surface area contributed by atoms with Gasteiger partial charge in [-0.3, -0.25) is 9.88 Å². The first-order valence-electron chi connectivity index (χ1n) is 10.2. The van der Waals surface area contributed by atoms with E-state index in [-0.39, 0.29) is 12.1 Å². The second-order valence-corrected chi connectivity index (χ2v) is 8.27. The number of piperazine rings is 1. The molecule has 0 aliphatic carbocycles. The number of carbonyl (C=O) groups excluding carboxylic acids is 2. The molecule has 2 N–H and O–H groups in total. The van der Waals surface area contributed by atoms with Gasteiger partial charge < -0.3 is 20.4 Å². The van der Waals surface area contributed by atoms with Crippen LogP contribution in [0.3, 0.4) is 0 Å². The average molecular weight is 445 g/mol. The van der Waals surface area contributed by atoms with Crippen molar-refractivity contribution < 1.29 is 9.59 Å². The molecule has 2 heterocycles. The van der Waals surface area contributed by atoms with E-state index >= 15 is 0 Å². The minimum absolute atomic E-state index is 0.0467. The summed E-state index contributed by atoms with van der Waals surface area (Å²) in [6, 6.07) is 9.21. The lowest BCUT2D eigenvalue weighted by Crippen LogP contribution is -2.51. The van der Waals surface area contributed by atoms with Crippen molar-refractivity contribution >= 4 is 29.4 Å². The first-order chi connectivity index (χ1) is 14.8. The van der Waals surface area contributed by atoms with Gasteiger partial charge in [-0.05, 0) is 36.2 Å². The number of amides is 4. The third-order valence-corrected chi connectivity index (χ3v) is 5.52. The Bertz CT molecular complexity index is 911. The van der Waals surface area contributed by atoms with Crippen LogP contribution >= 0.6 is 11.6 Å². The number of hydrogen-bond acceptors (Lipinski definition) is 4. The number of pyridine rings is 1. The number of nitrogens with zero attached hydrogens (tertiary/aromatic N) is 4. The van der Waals surface area contributed by atoms with Crippen LogP contribution in [0.1, 0.15) is 16.8 Å². The molecule has 1 aliphatic heterocycles. The third kappa shape index (κ3) is 6.57. The Balaban J connectivity index is 1.51. The van der Waals surface area contributed by atoms with E-state index in [9.17, 15) is 9.59 Å². The number of rotatable bonds is 5. The molecular weight excluding hydrogens is 416 g/mol. The van der Waals surface area contributed by atoms with Crippen LogP contribution in [0.15, 0.2) is 36.5 Å². The molecule has 0 bridgehead atoms. The summed E-state index contributed by atoms with van der Waals surface area (Å²) in [5.41, 5.74) is 3.52. The highest BCUT2D eigenvalue weighted by Gasteiger charge is 2.22. The number of halogens is 1. The van der Waals surface area contributed by atoms with E-state index in [1.165, 1.54) is 0 Å². The van der Waals surface area contributed by atoms with E-state index in [1.54, 1.807) is 25.2 Å². The second kappa shape index (κ2) is 10.5. The highest BCUT2D eigenvalue weighted by Crippen LogP contribution is 2.20. The Morgan fingerprint density at radius 2 is 1.87 bits per heavy atom. The predicted octanol–water partition coefficient (Wildman–Crippen LogP) is 3.16. The molecule has 0 saturated carbocycles. The zero-order valence-electron chi connectivity index (χ0n) is 18.2. The van der Waals surface area contributed by atoms with E-state index in [1.807, 2.05) is 42.2 Å². The molecular formula is C22H29ClN6O2. The van der Waals surface area contributed by atoms with Gasteiger partial charge in [0.15, 0.2) is 0 Å². The maximum Gasteiger partial charge on any atom is 0.319 e. The van der Waals surface area contributed by atoms with Crippen LogP contribution in [0.25, 0.3) is 0 Å². The maximum atomic E-state index is 12.2. The standard InChI is InChI=1S/C22H29ClN6O2/c1-16-4-6-19(14-24-16)26-21(30)25-13-17-5-7-20(23)18(12-17)15-28-8-10-29(11-9-28)22(31)27(2)3/h4-7,12,14H,8-11,13,15H2,1-3H3,(H2,25,26,30). The SMILES string of the molecule is Cc1ccc(NC(=O)NCc2ccc(Cl)c(CN3CCN(C(=O)N(C)C)CC3)c2)cn1. The van der Waals surface area contributed by atoms with E-state index in [0.717, 1.165) is 29.9 Å². The number of aromatic nitrogens is 1. The fraction of sp³-hybridized carbons (Fsp3) is 0.409. The summed E-state index contributed by atoms with van der Waals surface area (Å²) in [6.07, 6.45) is 1.63. The van der Waals surface area contributed by atoms with Crippen LogP contribution in [0.4, 0.5) is 15.3 Å². The average Bonchev–Trinajstić information content (AvgIpc) is 2.76. The van der Waals surface area contributed by atoms with Crippen LogP contribution < -0.4 is 10.6 Å². The second-order valence-electron chi connectivity index (χ2n) is 7.86. The number of benzene rings is 1. The van der Waals surface area contributed by atoms with E-state index in [2.05, 4.69) is 20.5 Å². The molecule has 3 rings (SSSR count).